The monoisotopic (exact) mass is 236 g/mol. The van der Waals surface area contributed by atoms with E-state index in [0.29, 0.717) is 5.92 Å². The Bertz CT molecular complexity index is 321. The molecule has 1 aromatic heterocycles. The smallest absolute Gasteiger partial charge is 0.134 e. The van der Waals surface area contributed by atoms with E-state index in [4.69, 9.17) is 0 Å². The minimum Gasteiger partial charge on any atom is -0.370 e. The van der Waals surface area contributed by atoms with Crippen LogP contribution in [0.4, 0.5) is 11.6 Å². The molecule has 1 rings (SSSR count). The van der Waals surface area contributed by atoms with E-state index in [1.165, 1.54) is 0 Å². The zero-order valence-electron chi connectivity index (χ0n) is 11.4. The largest absolute Gasteiger partial charge is 0.370 e. The van der Waals surface area contributed by atoms with Crippen molar-refractivity contribution in [2.24, 2.45) is 5.92 Å². The predicted molar refractivity (Wildman–Crippen MR) is 73.5 cm³/mol. The zero-order valence-corrected chi connectivity index (χ0v) is 11.4. The van der Waals surface area contributed by atoms with Crippen LogP contribution in [-0.2, 0) is 0 Å². The minimum atomic E-state index is 0.714. The van der Waals surface area contributed by atoms with Gasteiger partial charge in [-0.25, -0.2) is 9.97 Å². The highest BCUT2D eigenvalue weighted by molar-refractivity contribution is 5.48. The van der Waals surface area contributed by atoms with Crippen molar-refractivity contribution in [3.63, 3.8) is 0 Å². The van der Waals surface area contributed by atoms with Crippen LogP contribution in [0.2, 0.25) is 0 Å². The van der Waals surface area contributed by atoms with Crippen molar-refractivity contribution in [1.29, 1.82) is 0 Å². The fraction of sp³-hybridized carbons (Fsp3) is 0.692. The number of aromatic nitrogens is 2. The molecule has 4 heteroatoms. The Morgan fingerprint density at radius 1 is 1.24 bits per heavy atom. The first kappa shape index (κ1) is 13.7. The molecular formula is C13H24N4. The topological polar surface area (TPSA) is 41.0 Å². The van der Waals surface area contributed by atoms with Crippen molar-refractivity contribution >= 4 is 11.6 Å². The third kappa shape index (κ3) is 4.59. The van der Waals surface area contributed by atoms with Gasteiger partial charge in [-0.2, -0.15) is 0 Å². The molecule has 0 fully saturated rings. The van der Waals surface area contributed by atoms with Gasteiger partial charge in [-0.3, -0.25) is 0 Å². The van der Waals surface area contributed by atoms with Crippen molar-refractivity contribution < 1.29 is 0 Å². The van der Waals surface area contributed by atoms with E-state index >= 15 is 0 Å². The lowest BCUT2D eigenvalue weighted by atomic mass is 10.1. The normalized spacial score (nSPS) is 10.6. The lowest BCUT2D eigenvalue weighted by Crippen LogP contribution is -2.23. The number of hydrogen-bond acceptors (Lipinski definition) is 4. The lowest BCUT2D eigenvalue weighted by molar-refractivity contribution is 0.606. The summed E-state index contributed by atoms with van der Waals surface area (Å²) in [6.07, 6.45) is 2.79. The lowest BCUT2D eigenvalue weighted by Gasteiger charge is -2.20. The SMILES string of the molecule is CCN(CC)c1cc(NCCC(C)C)ncn1. The third-order valence-corrected chi connectivity index (χ3v) is 2.77. The minimum absolute atomic E-state index is 0.714. The second-order valence-corrected chi connectivity index (χ2v) is 4.54. The summed E-state index contributed by atoms with van der Waals surface area (Å²) in [5.41, 5.74) is 0. The fourth-order valence-corrected chi connectivity index (χ4v) is 1.65. The fourth-order valence-electron chi connectivity index (χ4n) is 1.65. The van der Waals surface area contributed by atoms with Crippen LogP contribution in [0.15, 0.2) is 12.4 Å². The highest BCUT2D eigenvalue weighted by Crippen LogP contribution is 2.13. The Labute approximate surface area is 104 Å². The van der Waals surface area contributed by atoms with Gasteiger partial charge in [0.05, 0.1) is 0 Å². The summed E-state index contributed by atoms with van der Waals surface area (Å²) >= 11 is 0. The van der Waals surface area contributed by atoms with Gasteiger partial charge in [-0.15, -0.1) is 0 Å². The summed E-state index contributed by atoms with van der Waals surface area (Å²) in [7, 11) is 0. The molecule has 1 aromatic rings. The van der Waals surface area contributed by atoms with E-state index in [2.05, 4.69) is 47.9 Å². The van der Waals surface area contributed by atoms with E-state index < -0.39 is 0 Å². The van der Waals surface area contributed by atoms with Crippen molar-refractivity contribution in [3.05, 3.63) is 12.4 Å². The van der Waals surface area contributed by atoms with Crippen LogP contribution in [0, 0.1) is 5.92 Å². The average molecular weight is 236 g/mol. The van der Waals surface area contributed by atoms with Gasteiger partial charge < -0.3 is 10.2 Å². The predicted octanol–water partition coefficient (Wildman–Crippen LogP) is 2.78. The molecule has 0 unspecified atom stereocenters. The summed E-state index contributed by atoms with van der Waals surface area (Å²) in [6.45, 7) is 11.6. The Hall–Kier alpha value is -1.32. The van der Waals surface area contributed by atoms with Crippen LogP contribution in [0.5, 0.6) is 0 Å². The second-order valence-electron chi connectivity index (χ2n) is 4.54. The molecule has 0 aromatic carbocycles. The Morgan fingerprint density at radius 2 is 1.94 bits per heavy atom. The van der Waals surface area contributed by atoms with Gasteiger partial charge in [-0.1, -0.05) is 13.8 Å². The first-order valence-electron chi connectivity index (χ1n) is 6.48. The molecule has 0 aliphatic rings. The maximum Gasteiger partial charge on any atom is 0.134 e. The highest BCUT2D eigenvalue weighted by Gasteiger charge is 2.04. The van der Waals surface area contributed by atoms with Crippen LogP contribution in [0.1, 0.15) is 34.1 Å². The maximum atomic E-state index is 4.30. The number of anilines is 2. The average Bonchev–Trinajstić information content (AvgIpc) is 2.31. The first-order valence-corrected chi connectivity index (χ1v) is 6.48. The summed E-state index contributed by atoms with van der Waals surface area (Å²) in [4.78, 5) is 10.8. The van der Waals surface area contributed by atoms with Crippen LogP contribution in [0.3, 0.4) is 0 Å². The van der Waals surface area contributed by atoms with Crippen molar-refractivity contribution in [1.82, 2.24) is 9.97 Å². The summed E-state index contributed by atoms with van der Waals surface area (Å²) in [5, 5.41) is 3.34. The molecule has 0 radical (unpaired) electrons. The quantitative estimate of drug-likeness (QED) is 0.790. The standard InChI is InChI=1S/C13H24N4/c1-5-17(6-2)13-9-12(15-10-16-13)14-8-7-11(3)4/h9-11H,5-8H2,1-4H3,(H,14,15,16). The van der Waals surface area contributed by atoms with Gasteiger partial charge >= 0.3 is 0 Å². The number of hydrogen-bond donors (Lipinski definition) is 1. The van der Waals surface area contributed by atoms with Gasteiger partial charge in [0.15, 0.2) is 0 Å². The van der Waals surface area contributed by atoms with Gasteiger partial charge in [0.1, 0.15) is 18.0 Å². The van der Waals surface area contributed by atoms with E-state index in [9.17, 15) is 0 Å². The molecule has 0 aliphatic heterocycles. The number of nitrogens with one attached hydrogen (secondary N) is 1. The van der Waals surface area contributed by atoms with Gasteiger partial charge in [0.25, 0.3) is 0 Å². The van der Waals surface area contributed by atoms with E-state index in [0.717, 1.165) is 37.7 Å². The Kier molecular flexibility index (Phi) is 5.73. The third-order valence-electron chi connectivity index (χ3n) is 2.77. The molecular weight excluding hydrogens is 212 g/mol. The van der Waals surface area contributed by atoms with Crippen molar-refractivity contribution in [3.8, 4) is 0 Å². The van der Waals surface area contributed by atoms with Gasteiger partial charge in [0.2, 0.25) is 0 Å². The summed E-state index contributed by atoms with van der Waals surface area (Å²) < 4.78 is 0. The second kappa shape index (κ2) is 7.09. The molecule has 0 bridgehead atoms. The van der Waals surface area contributed by atoms with E-state index in [1.807, 2.05) is 6.07 Å². The zero-order chi connectivity index (χ0) is 12.7. The molecule has 1 heterocycles. The maximum absolute atomic E-state index is 4.30. The van der Waals surface area contributed by atoms with Crippen LogP contribution in [0.25, 0.3) is 0 Å². The molecule has 0 spiro atoms. The summed E-state index contributed by atoms with van der Waals surface area (Å²) in [5.74, 6) is 2.63. The molecule has 0 amide bonds. The Balaban J connectivity index is 2.59. The van der Waals surface area contributed by atoms with Crippen molar-refractivity contribution in [2.75, 3.05) is 29.9 Å². The molecule has 0 saturated carbocycles. The van der Waals surface area contributed by atoms with E-state index in [1.54, 1.807) is 6.33 Å². The first-order chi connectivity index (χ1) is 8.17. The molecule has 96 valence electrons. The molecule has 0 aliphatic carbocycles. The van der Waals surface area contributed by atoms with Crippen LogP contribution in [-0.4, -0.2) is 29.6 Å². The van der Waals surface area contributed by atoms with E-state index in [-0.39, 0.29) is 0 Å². The molecule has 1 N–H and O–H groups in total. The number of nitrogens with zero attached hydrogens (tertiary/aromatic N) is 3. The van der Waals surface area contributed by atoms with Gasteiger partial charge in [-0.05, 0) is 26.2 Å². The van der Waals surface area contributed by atoms with Crippen molar-refractivity contribution in [2.45, 2.75) is 34.1 Å². The molecule has 17 heavy (non-hydrogen) atoms. The van der Waals surface area contributed by atoms with Crippen LogP contribution >= 0.6 is 0 Å². The highest BCUT2D eigenvalue weighted by atomic mass is 15.2. The van der Waals surface area contributed by atoms with Crippen LogP contribution < -0.4 is 10.2 Å². The Morgan fingerprint density at radius 3 is 2.53 bits per heavy atom. The van der Waals surface area contributed by atoms with Gasteiger partial charge in [0, 0.05) is 25.7 Å². The molecule has 4 nitrogen and oxygen atoms in total. The summed E-state index contributed by atoms with van der Waals surface area (Å²) in [6, 6.07) is 2.02. The number of rotatable bonds is 7. The molecule has 0 saturated heterocycles. The molecule has 0 atom stereocenters.